The Hall–Kier alpha value is -2.02. The lowest BCUT2D eigenvalue weighted by Crippen LogP contribution is -2.30. The molecule has 0 radical (unpaired) electrons. The summed E-state index contributed by atoms with van der Waals surface area (Å²) in [6.45, 7) is 1.77. The summed E-state index contributed by atoms with van der Waals surface area (Å²) in [4.78, 5) is 12.2. The van der Waals surface area contributed by atoms with Crippen molar-refractivity contribution in [1.82, 2.24) is 5.32 Å². The SMILES string of the molecule is COc1ccc(NC(=O)CN[C@@H](C)c2cc(F)c(Cl)cc2Cl)c(OC)c1. The number of methoxy groups -OCH3 is 2. The molecule has 1 atom stereocenters. The second kappa shape index (κ2) is 9.07. The molecule has 0 aliphatic heterocycles. The fourth-order valence-corrected chi connectivity index (χ4v) is 2.87. The van der Waals surface area contributed by atoms with Crippen LogP contribution in [0.2, 0.25) is 10.0 Å². The van der Waals surface area contributed by atoms with Crippen LogP contribution >= 0.6 is 23.2 Å². The van der Waals surface area contributed by atoms with E-state index < -0.39 is 5.82 Å². The highest BCUT2D eigenvalue weighted by atomic mass is 35.5. The summed E-state index contributed by atoms with van der Waals surface area (Å²) in [5.41, 5.74) is 1.03. The molecule has 2 N–H and O–H groups in total. The van der Waals surface area contributed by atoms with Gasteiger partial charge in [0.05, 0.1) is 31.5 Å². The molecule has 0 unspecified atom stereocenters. The number of rotatable bonds is 7. The Morgan fingerprint density at radius 2 is 1.88 bits per heavy atom. The molecular formula is C18H19Cl2FN2O3. The van der Waals surface area contributed by atoms with Crippen LogP contribution < -0.4 is 20.1 Å². The summed E-state index contributed by atoms with van der Waals surface area (Å²) in [6.07, 6.45) is 0. The molecule has 1 amide bonds. The summed E-state index contributed by atoms with van der Waals surface area (Å²) < 4.78 is 24.0. The highest BCUT2D eigenvalue weighted by molar-refractivity contribution is 6.35. The zero-order valence-electron chi connectivity index (χ0n) is 14.5. The van der Waals surface area contributed by atoms with Crippen LogP contribution in [-0.4, -0.2) is 26.7 Å². The van der Waals surface area contributed by atoms with Gasteiger partial charge in [0, 0.05) is 17.1 Å². The van der Waals surface area contributed by atoms with E-state index in [1.807, 2.05) is 0 Å². The van der Waals surface area contributed by atoms with E-state index in [9.17, 15) is 9.18 Å². The fourth-order valence-electron chi connectivity index (χ4n) is 2.32. The van der Waals surface area contributed by atoms with E-state index >= 15 is 0 Å². The first-order valence-corrected chi connectivity index (χ1v) is 8.51. The minimum Gasteiger partial charge on any atom is -0.497 e. The Morgan fingerprint density at radius 3 is 2.54 bits per heavy atom. The Morgan fingerprint density at radius 1 is 1.15 bits per heavy atom. The molecule has 2 aromatic rings. The molecule has 8 heteroatoms. The van der Waals surface area contributed by atoms with E-state index in [0.29, 0.717) is 27.8 Å². The van der Waals surface area contributed by atoms with Gasteiger partial charge in [-0.05, 0) is 36.8 Å². The third-order valence-electron chi connectivity index (χ3n) is 3.76. The number of anilines is 1. The summed E-state index contributed by atoms with van der Waals surface area (Å²) in [6, 6.07) is 7.32. The zero-order valence-corrected chi connectivity index (χ0v) is 16.0. The highest BCUT2D eigenvalue weighted by Crippen LogP contribution is 2.30. The standard InChI is InChI=1S/C18H19Cl2FN2O3/c1-10(12-7-15(21)14(20)8-13(12)19)22-9-18(24)23-16-5-4-11(25-2)6-17(16)26-3/h4-8,10,22H,9H2,1-3H3,(H,23,24)/t10-/m0/s1. The van der Waals surface area contributed by atoms with Crippen molar-refractivity contribution in [2.75, 3.05) is 26.1 Å². The van der Waals surface area contributed by atoms with Gasteiger partial charge >= 0.3 is 0 Å². The molecule has 2 aromatic carbocycles. The van der Waals surface area contributed by atoms with Crippen molar-refractivity contribution in [1.29, 1.82) is 0 Å². The van der Waals surface area contributed by atoms with Crippen molar-refractivity contribution < 1.29 is 18.7 Å². The van der Waals surface area contributed by atoms with Crippen molar-refractivity contribution >= 4 is 34.8 Å². The van der Waals surface area contributed by atoms with E-state index in [-0.39, 0.29) is 23.5 Å². The lowest BCUT2D eigenvalue weighted by atomic mass is 10.1. The summed E-state index contributed by atoms with van der Waals surface area (Å²) in [5, 5.41) is 6.02. The molecule has 0 aliphatic rings. The first-order valence-electron chi connectivity index (χ1n) is 7.75. The first kappa shape index (κ1) is 20.3. The van der Waals surface area contributed by atoms with E-state index in [4.69, 9.17) is 32.7 Å². The number of nitrogens with one attached hydrogen (secondary N) is 2. The van der Waals surface area contributed by atoms with Crippen molar-refractivity contribution in [3.8, 4) is 11.5 Å². The molecule has 140 valence electrons. The number of halogens is 3. The average molecular weight is 401 g/mol. The van der Waals surface area contributed by atoms with Crippen LogP contribution in [0.1, 0.15) is 18.5 Å². The van der Waals surface area contributed by atoms with Crippen molar-refractivity contribution in [3.05, 3.63) is 51.8 Å². The van der Waals surface area contributed by atoms with Gasteiger partial charge < -0.3 is 20.1 Å². The molecule has 0 heterocycles. The number of carbonyl (C=O) groups is 1. The first-order chi connectivity index (χ1) is 12.3. The van der Waals surface area contributed by atoms with Gasteiger partial charge in [0.1, 0.15) is 17.3 Å². The van der Waals surface area contributed by atoms with Crippen molar-refractivity contribution in [3.63, 3.8) is 0 Å². The number of benzene rings is 2. The van der Waals surface area contributed by atoms with Gasteiger partial charge in [-0.3, -0.25) is 4.79 Å². The van der Waals surface area contributed by atoms with E-state index in [0.717, 1.165) is 0 Å². The van der Waals surface area contributed by atoms with Gasteiger partial charge in [0.15, 0.2) is 0 Å². The molecule has 0 spiro atoms. The maximum absolute atomic E-state index is 13.6. The molecule has 0 aromatic heterocycles. The van der Waals surface area contributed by atoms with Crippen LogP contribution in [0.25, 0.3) is 0 Å². The molecule has 2 rings (SSSR count). The van der Waals surface area contributed by atoms with Gasteiger partial charge in [-0.15, -0.1) is 0 Å². The fraction of sp³-hybridized carbons (Fsp3) is 0.278. The van der Waals surface area contributed by atoms with Gasteiger partial charge in [-0.25, -0.2) is 4.39 Å². The normalized spacial score (nSPS) is 11.8. The van der Waals surface area contributed by atoms with Crippen LogP contribution in [0.3, 0.4) is 0 Å². The van der Waals surface area contributed by atoms with Crippen LogP contribution in [0.4, 0.5) is 10.1 Å². The molecule has 5 nitrogen and oxygen atoms in total. The summed E-state index contributed by atoms with van der Waals surface area (Å²) in [7, 11) is 3.05. The highest BCUT2D eigenvalue weighted by Gasteiger charge is 2.15. The number of hydrogen-bond donors (Lipinski definition) is 2. The predicted molar refractivity (Wildman–Crippen MR) is 101 cm³/mol. The molecule has 0 bridgehead atoms. The van der Waals surface area contributed by atoms with E-state index in [2.05, 4.69) is 10.6 Å². The third-order valence-corrected chi connectivity index (χ3v) is 4.37. The quantitative estimate of drug-likeness (QED) is 0.674. The molecule has 26 heavy (non-hydrogen) atoms. The van der Waals surface area contributed by atoms with E-state index in [1.165, 1.54) is 19.2 Å². The van der Waals surface area contributed by atoms with Gasteiger partial charge in [-0.1, -0.05) is 23.2 Å². The maximum atomic E-state index is 13.6. The van der Waals surface area contributed by atoms with E-state index in [1.54, 1.807) is 32.2 Å². The largest absolute Gasteiger partial charge is 0.497 e. The molecule has 0 saturated heterocycles. The number of carbonyl (C=O) groups excluding carboxylic acids is 1. The second-order valence-corrected chi connectivity index (χ2v) is 6.32. The molecule has 0 fully saturated rings. The smallest absolute Gasteiger partial charge is 0.238 e. The maximum Gasteiger partial charge on any atom is 0.238 e. The van der Waals surface area contributed by atoms with Crippen LogP contribution in [0.5, 0.6) is 11.5 Å². The Labute approximate surface area is 161 Å². The van der Waals surface area contributed by atoms with Crippen molar-refractivity contribution in [2.24, 2.45) is 0 Å². The monoisotopic (exact) mass is 400 g/mol. The second-order valence-electron chi connectivity index (χ2n) is 5.50. The lowest BCUT2D eigenvalue weighted by molar-refractivity contribution is -0.115. The van der Waals surface area contributed by atoms with Gasteiger partial charge in [-0.2, -0.15) is 0 Å². The van der Waals surface area contributed by atoms with Crippen molar-refractivity contribution in [2.45, 2.75) is 13.0 Å². The Balaban J connectivity index is 2.00. The van der Waals surface area contributed by atoms with Gasteiger partial charge in [0.2, 0.25) is 5.91 Å². The zero-order chi connectivity index (χ0) is 19.3. The minimum absolute atomic E-state index is 0.00305. The minimum atomic E-state index is -0.563. The van der Waals surface area contributed by atoms with Gasteiger partial charge in [0.25, 0.3) is 0 Å². The summed E-state index contributed by atoms with van der Waals surface area (Å²) in [5.74, 6) is 0.248. The molecule has 0 aliphatic carbocycles. The number of ether oxygens (including phenoxy) is 2. The van der Waals surface area contributed by atoms with Crippen LogP contribution in [0, 0.1) is 5.82 Å². The van der Waals surface area contributed by atoms with Crippen LogP contribution in [0.15, 0.2) is 30.3 Å². The number of amides is 1. The topological polar surface area (TPSA) is 59.6 Å². The summed E-state index contributed by atoms with van der Waals surface area (Å²) >= 11 is 11.8. The molecule has 0 saturated carbocycles. The Bertz CT molecular complexity index is 802. The average Bonchev–Trinajstić information content (AvgIpc) is 2.63. The predicted octanol–water partition coefficient (Wildman–Crippen LogP) is 4.44. The Kier molecular flexibility index (Phi) is 7.08. The molecular weight excluding hydrogens is 382 g/mol. The third kappa shape index (κ3) is 5.00. The van der Waals surface area contributed by atoms with Crippen LogP contribution in [-0.2, 0) is 4.79 Å². The number of hydrogen-bond acceptors (Lipinski definition) is 4. The lowest BCUT2D eigenvalue weighted by Gasteiger charge is -2.17.